The fourth-order valence-electron chi connectivity index (χ4n) is 0.957. The van der Waals surface area contributed by atoms with Crippen molar-refractivity contribution in [3.63, 3.8) is 0 Å². The van der Waals surface area contributed by atoms with Crippen molar-refractivity contribution in [1.82, 2.24) is 0 Å². The van der Waals surface area contributed by atoms with Gasteiger partial charge >= 0.3 is 0 Å². The minimum atomic E-state index is 0.163. The van der Waals surface area contributed by atoms with Crippen LogP contribution in [0.5, 0.6) is 0 Å². The molecule has 0 saturated heterocycles. The van der Waals surface area contributed by atoms with Gasteiger partial charge in [-0.05, 0) is 13.0 Å². The van der Waals surface area contributed by atoms with Gasteiger partial charge in [-0.25, -0.2) is 0 Å². The summed E-state index contributed by atoms with van der Waals surface area (Å²) in [4.78, 5) is 0. The normalized spacial score (nSPS) is 16.8. The molecule has 2 nitrogen and oxygen atoms in total. The molecule has 0 aromatic heterocycles. The molecule has 2 atom stereocenters. The second-order valence-corrected chi connectivity index (χ2v) is 2.74. The molecule has 70 valence electrons. The van der Waals surface area contributed by atoms with Gasteiger partial charge in [-0.2, -0.15) is 0 Å². The number of hydrogen-bond acceptors (Lipinski definition) is 2. The van der Waals surface area contributed by atoms with Crippen molar-refractivity contribution < 1.29 is 9.47 Å². The summed E-state index contributed by atoms with van der Waals surface area (Å²) >= 11 is 0. The molecule has 2 unspecified atom stereocenters. The SMILES string of the molecule is C=CC=C(OC)C(C)C(C)OC. The lowest BCUT2D eigenvalue weighted by atomic mass is 10.0. The molecule has 0 aliphatic carbocycles. The molecule has 2 heteroatoms. The highest BCUT2D eigenvalue weighted by Crippen LogP contribution is 2.17. The van der Waals surface area contributed by atoms with Gasteiger partial charge in [0.2, 0.25) is 0 Å². The number of rotatable bonds is 5. The highest BCUT2D eigenvalue weighted by Gasteiger charge is 2.15. The summed E-state index contributed by atoms with van der Waals surface area (Å²) in [5.41, 5.74) is 0. The minimum absolute atomic E-state index is 0.163. The van der Waals surface area contributed by atoms with Crippen LogP contribution in [0.4, 0.5) is 0 Å². The monoisotopic (exact) mass is 170 g/mol. The van der Waals surface area contributed by atoms with Gasteiger partial charge in [0.25, 0.3) is 0 Å². The fraction of sp³-hybridized carbons (Fsp3) is 0.600. The predicted molar refractivity (Wildman–Crippen MR) is 50.9 cm³/mol. The van der Waals surface area contributed by atoms with Crippen LogP contribution in [-0.2, 0) is 9.47 Å². The van der Waals surface area contributed by atoms with Crippen LogP contribution in [0.15, 0.2) is 24.5 Å². The zero-order valence-electron chi connectivity index (χ0n) is 8.33. The van der Waals surface area contributed by atoms with E-state index in [1.54, 1.807) is 20.3 Å². The summed E-state index contributed by atoms with van der Waals surface area (Å²) in [5.74, 6) is 1.16. The molecule has 0 aliphatic rings. The largest absolute Gasteiger partial charge is 0.501 e. The van der Waals surface area contributed by atoms with Gasteiger partial charge in [0.15, 0.2) is 0 Å². The van der Waals surface area contributed by atoms with Crippen molar-refractivity contribution in [2.24, 2.45) is 5.92 Å². The molecule has 0 bridgehead atoms. The quantitative estimate of drug-likeness (QED) is 0.466. The summed E-state index contributed by atoms with van der Waals surface area (Å²) in [6.45, 7) is 7.70. The van der Waals surface area contributed by atoms with Crippen LogP contribution >= 0.6 is 0 Å². The third-order valence-corrected chi connectivity index (χ3v) is 2.04. The van der Waals surface area contributed by atoms with Crippen LogP contribution < -0.4 is 0 Å². The van der Waals surface area contributed by atoms with Crippen molar-refractivity contribution in [2.45, 2.75) is 20.0 Å². The molecule has 0 rings (SSSR count). The molecule has 0 N–H and O–H groups in total. The molecular formula is C10H18O2. The van der Waals surface area contributed by atoms with Crippen LogP contribution in [0.1, 0.15) is 13.8 Å². The predicted octanol–water partition coefficient (Wildman–Crippen LogP) is 2.37. The highest BCUT2D eigenvalue weighted by atomic mass is 16.5. The third-order valence-electron chi connectivity index (χ3n) is 2.04. The Hall–Kier alpha value is -0.760. The van der Waals surface area contributed by atoms with Gasteiger partial charge < -0.3 is 9.47 Å². The lowest BCUT2D eigenvalue weighted by Gasteiger charge is -2.20. The lowest BCUT2D eigenvalue weighted by molar-refractivity contribution is 0.0641. The first-order chi connectivity index (χ1) is 5.67. The van der Waals surface area contributed by atoms with E-state index in [0.29, 0.717) is 0 Å². The average molecular weight is 170 g/mol. The second kappa shape index (κ2) is 5.84. The molecule has 0 aromatic carbocycles. The zero-order chi connectivity index (χ0) is 9.56. The van der Waals surface area contributed by atoms with Gasteiger partial charge in [0.05, 0.1) is 13.2 Å². The molecule has 0 radical (unpaired) electrons. The van der Waals surface area contributed by atoms with Gasteiger partial charge in [-0.3, -0.25) is 0 Å². The van der Waals surface area contributed by atoms with Crippen molar-refractivity contribution in [3.05, 3.63) is 24.5 Å². The van der Waals surface area contributed by atoms with Crippen molar-refractivity contribution >= 4 is 0 Å². The summed E-state index contributed by atoms with van der Waals surface area (Å²) in [7, 11) is 3.36. The number of ether oxygens (including phenoxy) is 2. The Morgan fingerprint density at radius 2 is 1.92 bits per heavy atom. The van der Waals surface area contributed by atoms with Gasteiger partial charge in [0.1, 0.15) is 5.76 Å². The molecule has 0 aromatic rings. The van der Waals surface area contributed by atoms with E-state index in [2.05, 4.69) is 13.5 Å². The number of hydrogen-bond donors (Lipinski definition) is 0. The first kappa shape index (κ1) is 11.2. The average Bonchev–Trinajstić information content (AvgIpc) is 2.11. The van der Waals surface area contributed by atoms with Gasteiger partial charge in [-0.15, -0.1) is 0 Å². The van der Waals surface area contributed by atoms with Crippen LogP contribution in [0.2, 0.25) is 0 Å². The fourth-order valence-corrected chi connectivity index (χ4v) is 0.957. The highest BCUT2D eigenvalue weighted by molar-refractivity contribution is 5.07. The summed E-state index contributed by atoms with van der Waals surface area (Å²) < 4.78 is 10.4. The smallest absolute Gasteiger partial charge is 0.101 e. The van der Waals surface area contributed by atoms with Crippen LogP contribution in [-0.4, -0.2) is 20.3 Å². The van der Waals surface area contributed by atoms with Gasteiger partial charge in [-0.1, -0.05) is 19.6 Å². The zero-order valence-corrected chi connectivity index (χ0v) is 8.33. The van der Waals surface area contributed by atoms with E-state index in [4.69, 9.17) is 9.47 Å². The van der Waals surface area contributed by atoms with E-state index < -0.39 is 0 Å². The number of methoxy groups -OCH3 is 2. The van der Waals surface area contributed by atoms with Crippen molar-refractivity contribution in [2.75, 3.05) is 14.2 Å². The second-order valence-electron chi connectivity index (χ2n) is 2.74. The Balaban J connectivity index is 4.30. The molecule has 0 spiro atoms. The van der Waals surface area contributed by atoms with E-state index in [1.165, 1.54) is 0 Å². The molecule has 0 amide bonds. The van der Waals surface area contributed by atoms with E-state index in [9.17, 15) is 0 Å². The Bertz CT molecular complexity index is 161. The Morgan fingerprint density at radius 3 is 2.25 bits per heavy atom. The van der Waals surface area contributed by atoms with Crippen LogP contribution in [0.3, 0.4) is 0 Å². The molecule has 0 heterocycles. The topological polar surface area (TPSA) is 18.5 Å². The molecular weight excluding hydrogens is 152 g/mol. The molecule has 0 aliphatic heterocycles. The minimum Gasteiger partial charge on any atom is -0.501 e. The number of allylic oxidation sites excluding steroid dienone is 2. The van der Waals surface area contributed by atoms with Crippen LogP contribution in [0, 0.1) is 5.92 Å². The Labute approximate surface area is 74.9 Å². The molecule has 0 fully saturated rings. The first-order valence-corrected chi connectivity index (χ1v) is 4.06. The van der Waals surface area contributed by atoms with E-state index >= 15 is 0 Å². The van der Waals surface area contributed by atoms with Crippen molar-refractivity contribution in [3.8, 4) is 0 Å². The standard InChI is InChI=1S/C10H18O2/c1-6-7-10(12-5)8(2)9(3)11-4/h6-9H,1H2,2-5H3. The molecule has 0 saturated carbocycles. The summed E-state index contributed by atoms with van der Waals surface area (Å²) in [6.07, 6.45) is 3.74. The van der Waals surface area contributed by atoms with E-state index in [1.807, 2.05) is 13.0 Å². The molecule has 12 heavy (non-hydrogen) atoms. The maximum absolute atomic E-state index is 5.19. The maximum atomic E-state index is 5.19. The van der Waals surface area contributed by atoms with Crippen LogP contribution in [0.25, 0.3) is 0 Å². The summed E-state index contributed by atoms with van der Waals surface area (Å²) in [6, 6.07) is 0. The summed E-state index contributed by atoms with van der Waals surface area (Å²) in [5, 5.41) is 0. The van der Waals surface area contributed by atoms with Crippen molar-refractivity contribution in [1.29, 1.82) is 0 Å². The third kappa shape index (κ3) is 3.09. The Morgan fingerprint density at radius 1 is 1.33 bits per heavy atom. The van der Waals surface area contributed by atoms with Gasteiger partial charge in [0, 0.05) is 13.0 Å². The maximum Gasteiger partial charge on any atom is 0.101 e. The lowest BCUT2D eigenvalue weighted by Crippen LogP contribution is -2.19. The first-order valence-electron chi connectivity index (χ1n) is 4.06. The van der Waals surface area contributed by atoms with E-state index in [0.717, 1.165) is 5.76 Å². The van der Waals surface area contributed by atoms with E-state index in [-0.39, 0.29) is 12.0 Å². The Kier molecular flexibility index (Phi) is 5.47.